The molecule has 4 nitrogen and oxygen atoms in total. The SMILES string of the molecule is COc1ccc(C(=O)Nc2ccccc2F)cc1OC1CCCC1. The lowest BCUT2D eigenvalue weighted by molar-refractivity contribution is 0.102. The van der Waals surface area contributed by atoms with Crippen molar-refractivity contribution in [2.45, 2.75) is 31.8 Å². The lowest BCUT2D eigenvalue weighted by Gasteiger charge is -2.17. The van der Waals surface area contributed by atoms with Gasteiger partial charge in [-0.3, -0.25) is 4.79 Å². The predicted octanol–water partition coefficient (Wildman–Crippen LogP) is 4.41. The second-order valence-corrected chi connectivity index (χ2v) is 5.82. The maximum absolute atomic E-state index is 13.7. The van der Waals surface area contributed by atoms with E-state index in [4.69, 9.17) is 9.47 Å². The summed E-state index contributed by atoms with van der Waals surface area (Å²) in [4.78, 5) is 12.4. The fourth-order valence-electron chi connectivity index (χ4n) is 2.85. The van der Waals surface area contributed by atoms with Crippen molar-refractivity contribution in [1.82, 2.24) is 0 Å². The molecule has 5 heteroatoms. The van der Waals surface area contributed by atoms with Gasteiger partial charge in [0.1, 0.15) is 5.82 Å². The quantitative estimate of drug-likeness (QED) is 0.884. The molecule has 0 spiro atoms. The van der Waals surface area contributed by atoms with Gasteiger partial charge in [0.25, 0.3) is 5.91 Å². The molecular formula is C19H20FNO3. The summed E-state index contributed by atoms with van der Waals surface area (Å²) in [6, 6.07) is 11.0. The third-order valence-electron chi connectivity index (χ3n) is 4.14. The molecule has 3 rings (SSSR count). The number of nitrogens with one attached hydrogen (secondary N) is 1. The van der Waals surface area contributed by atoms with E-state index in [1.54, 1.807) is 37.4 Å². The molecule has 24 heavy (non-hydrogen) atoms. The normalized spacial score (nSPS) is 14.4. The van der Waals surface area contributed by atoms with Crippen LogP contribution >= 0.6 is 0 Å². The molecule has 1 aliphatic rings. The Morgan fingerprint density at radius 3 is 2.58 bits per heavy atom. The first kappa shape index (κ1) is 16.3. The number of benzene rings is 2. The molecule has 0 saturated heterocycles. The van der Waals surface area contributed by atoms with Crippen molar-refractivity contribution < 1.29 is 18.7 Å². The van der Waals surface area contributed by atoms with Gasteiger partial charge in [-0.1, -0.05) is 12.1 Å². The highest BCUT2D eigenvalue weighted by Crippen LogP contribution is 2.32. The number of hydrogen-bond acceptors (Lipinski definition) is 3. The van der Waals surface area contributed by atoms with Gasteiger partial charge in [-0.05, 0) is 56.0 Å². The number of rotatable bonds is 5. The molecule has 0 bridgehead atoms. The van der Waals surface area contributed by atoms with Crippen LogP contribution in [-0.4, -0.2) is 19.1 Å². The minimum atomic E-state index is -0.471. The van der Waals surface area contributed by atoms with E-state index in [-0.39, 0.29) is 17.7 Å². The van der Waals surface area contributed by atoms with Crippen LogP contribution < -0.4 is 14.8 Å². The third kappa shape index (κ3) is 3.67. The van der Waals surface area contributed by atoms with E-state index >= 15 is 0 Å². The Morgan fingerprint density at radius 1 is 1.12 bits per heavy atom. The summed E-state index contributed by atoms with van der Waals surface area (Å²) in [5, 5.41) is 2.57. The molecule has 0 aromatic heterocycles. The molecule has 1 fully saturated rings. The van der Waals surface area contributed by atoms with Crippen molar-refractivity contribution in [3.63, 3.8) is 0 Å². The van der Waals surface area contributed by atoms with Crippen molar-refractivity contribution in [3.05, 3.63) is 53.8 Å². The van der Waals surface area contributed by atoms with Gasteiger partial charge in [0.2, 0.25) is 0 Å². The molecule has 0 aliphatic heterocycles. The van der Waals surface area contributed by atoms with Crippen molar-refractivity contribution in [3.8, 4) is 11.5 Å². The van der Waals surface area contributed by atoms with Crippen LogP contribution in [0.4, 0.5) is 10.1 Å². The minimum absolute atomic E-state index is 0.150. The van der Waals surface area contributed by atoms with Crippen LogP contribution in [0, 0.1) is 5.82 Å². The molecule has 1 amide bonds. The highest BCUT2D eigenvalue weighted by atomic mass is 19.1. The highest BCUT2D eigenvalue weighted by Gasteiger charge is 2.20. The maximum atomic E-state index is 13.7. The Kier molecular flexibility index (Phi) is 4.99. The second-order valence-electron chi connectivity index (χ2n) is 5.82. The molecule has 126 valence electrons. The molecule has 1 N–H and O–H groups in total. The van der Waals surface area contributed by atoms with Crippen molar-refractivity contribution in [2.24, 2.45) is 0 Å². The predicted molar refractivity (Wildman–Crippen MR) is 90.2 cm³/mol. The summed E-state index contributed by atoms with van der Waals surface area (Å²) in [7, 11) is 1.57. The zero-order chi connectivity index (χ0) is 16.9. The smallest absolute Gasteiger partial charge is 0.255 e. The zero-order valence-electron chi connectivity index (χ0n) is 13.5. The Morgan fingerprint density at radius 2 is 1.88 bits per heavy atom. The molecular weight excluding hydrogens is 309 g/mol. The Balaban J connectivity index is 1.79. The first-order valence-electron chi connectivity index (χ1n) is 8.08. The van der Waals surface area contributed by atoms with E-state index in [0.29, 0.717) is 17.1 Å². The number of para-hydroxylation sites is 1. The third-order valence-corrected chi connectivity index (χ3v) is 4.14. The molecule has 0 radical (unpaired) electrons. The first-order chi connectivity index (χ1) is 11.7. The van der Waals surface area contributed by atoms with E-state index in [1.165, 1.54) is 12.1 Å². The lowest BCUT2D eigenvalue weighted by Crippen LogP contribution is -2.15. The minimum Gasteiger partial charge on any atom is -0.493 e. The van der Waals surface area contributed by atoms with Gasteiger partial charge < -0.3 is 14.8 Å². The van der Waals surface area contributed by atoms with Crippen LogP contribution in [0.15, 0.2) is 42.5 Å². The van der Waals surface area contributed by atoms with Crippen LogP contribution in [-0.2, 0) is 0 Å². The van der Waals surface area contributed by atoms with Crippen molar-refractivity contribution in [1.29, 1.82) is 0 Å². The average Bonchev–Trinajstić information content (AvgIpc) is 3.10. The Labute approximate surface area is 140 Å². The van der Waals surface area contributed by atoms with E-state index in [9.17, 15) is 9.18 Å². The number of halogens is 1. The van der Waals surface area contributed by atoms with Gasteiger partial charge >= 0.3 is 0 Å². The summed E-state index contributed by atoms with van der Waals surface area (Å²) >= 11 is 0. The van der Waals surface area contributed by atoms with Gasteiger partial charge in [0.05, 0.1) is 18.9 Å². The molecule has 0 heterocycles. The second kappa shape index (κ2) is 7.34. The van der Waals surface area contributed by atoms with E-state index < -0.39 is 5.82 Å². The molecule has 0 unspecified atom stereocenters. The lowest BCUT2D eigenvalue weighted by atomic mass is 10.1. The van der Waals surface area contributed by atoms with E-state index in [1.807, 2.05) is 0 Å². The van der Waals surface area contributed by atoms with Crippen LogP contribution in [0.3, 0.4) is 0 Å². The Bertz CT molecular complexity index is 726. The number of anilines is 1. The Hall–Kier alpha value is -2.56. The summed E-state index contributed by atoms with van der Waals surface area (Å²) < 4.78 is 25.0. The molecule has 2 aromatic rings. The summed E-state index contributed by atoms with van der Waals surface area (Å²) in [6.07, 6.45) is 4.48. The number of methoxy groups -OCH3 is 1. The van der Waals surface area contributed by atoms with Gasteiger partial charge in [0, 0.05) is 5.56 Å². The van der Waals surface area contributed by atoms with Gasteiger partial charge in [0.15, 0.2) is 11.5 Å². The molecule has 1 aliphatic carbocycles. The van der Waals surface area contributed by atoms with Crippen LogP contribution in [0.5, 0.6) is 11.5 Å². The van der Waals surface area contributed by atoms with Crippen LogP contribution in [0.25, 0.3) is 0 Å². The number of ether oxygens (including phenoxy) is 2. The standard InChI is InChI=1S/C19H20FNO3/c1-23-17-11-10-13(12-18(17)24-14-6-2-3-7-14)19(22)21-16-9-5-4-8-15(16)20/h4-5,8-12,14H,2-3,6-7H2,1H3,(H,21,22). The summed E-state index contributed by atoms with van der Waals surface area (Å²) in [5.74, 6) is 0.274. The topological polar surface area (TPSA) is 47.6 Å². The fourth-order valence-corrected chi connectivity index (χ4v) is 2.85. The number of amides is 1. The first-order valence-corrected chi connectivity index (χ1v) is 8.08. The zero-order valence-corrected chi connectivity index (χ0v) is 13.5. The monoisotopic (exact) mass is 329 g/mol. The number of carbonyl (C=O) groups excluding carboxylic acids is 1. The van der Waals surface area contributed by atoms with E-state index in [2.05, 4.69) is 5.32 Å². The number of hydrogen-bond donors (Lipinski definition) is 1. The van der Waals surface area contributed by atoms with Crippen molar-refractivity contribution >= 4 is 11.6 Å². The maximum Gasteiger partial charge on any atom is 0.255 e. The molecule has 0 atom stereocenters. The van der Waals surface area contributed by atoms with E-state index in [0.717, 1.165) is 25.7 Å². The summed E-state index contributed by atoms with van der Waals surface area (Å²) in [5.41, 5.74) is 0.545. The summed E-state index contributed by atoms with van der Waals surface area (Å²) in [6.45, 7) is 0. The average molecular weight is 329 g/mol. The highest BCUT2D eigenvalue weighted by molar-refractivity contribution is 6.04. The molecule has 1 saturated carbocycles. The van der Waals surface area contributed by atoms with Gasteiger partial charge in [-0.15, -0.1) is 0 Å². The van der Waals surface area contributed by atoms with Crippen molar-refractivity contribution in [2.75, 3.05) is 12.4 Å². The van der Waals surface area contributed by atoms with Gasteiger partial charge in [-0.2, -0.15) is 0 Å². The van der Waals surface area contributed by atoms with Gasteiger partial charge in [-0.25, -0.2) is 4.39 Å². The van der Waals surface area contributed by atoms with Crippen LogP contribution in [0.1, 0.15) is 36.0 Å². The van der Waals surface area contributed by atoms with Crippen LogP contribution in [0.2, 0.25) is 0 Å². The molecule has 2 aromatic carbocycles. The largest absolute Gasteiger partial charge is 0.493 e. The fraction of sp³-hybridized carbons (Fsp3) is 0.316. The number of carbonyl (C=O) groups is 1.